The van der Waals surface area contributed by atoms with E-state index in [-0.39, 0.29) is 18.0 Å². The average molecular weight is 345 g/mol. The Labute approximate surface area is 116 Å². The van der Waals surface area contributed by atoms with Crippen LogP contribution in [0.1, 0.15) is 15.9 Å². The molecular weight excluding hydrogens is 334 g/mol. The lowest BCUT2D eigenvalue weighted by Crippen LogP contribution is -2.29. The molecule has 0 aliphatic carbocycles. The van der Waals surface area contributed by atoms with Gasteiger partial charge in [-0.15, -0.1) is 11.6 Å². The van der Waals surface area contributed by atoms with E-state index in [2.05, 4.69) is 15.9 Å². The quantitative estimate of drug-likeness (QED) is 0.764. The number of hydrogen-bond donors (Lipinski definition) is 0. The zero-order valence-electron chi connectivity index (χ0n) is 9.39. The van der Waals surface area contributed by atoms with Crippen LogP contribution in [0.15, 0.2) is 22.7 Å². The van der Waals surface area contributed by atoms with Crippen molar-refractivity contribution < 1.29 is 18.0 Å². The highest BCUT2D eigenvalue weighted by molar-refractivity contribution is 9.10. The molecule has 0 unspecified atom stereocenters. The number of alkyl halides is 4. The van der Waals surface area contributed by atoms with Gasteiger partial charge in [-0.25, -0.2) is 0 Å². The Morgan fingerprint density at radius 2 is 2.06 bits per heavy atom. The number of rotatable bonds is 3. The van der Waals surface area contributed by atoms with E-state index in [4.69, 9.17) is 11.6 Å². The minimum absolute atomic E-state index is 0.0301. The first-order chi connectivity index (χ1) is 8.27. The van der Waals surface area contributed by atoms with Gasteiger partial charge in [-0.1, -0.05) is 0 Å². The number of carbonyl (C=O) groups is 1. The van der Waals surface area contributed by atoms with Gasteiger partial charge in [0.15, 0.2) is 0 Å². The van der Waals surface area contributed by atoms with Gasteiger partial charge < -0.3 is 4.90 Å². The topological polar surface area (TPSA) is 20.3 Å². The predicted molar refractivity (Wildman–Crippen MR) is 66.8 cm³/mol. The second kappa shape index (κ2) is 5.93. The Hall–Kier alpha value is -0.750. The van der Waals surface area contributed by atoms with Crippen molar-refractivity contribution in [1.29, 1.82) is 0 Å². The summed E-state index contributed by atoms with van der Waals surface area (Å²) in [5.74, 6) is -0.285. The second-order valence-corrected chi connectivity index (χ2v) is 4.84. The van der Waals surface area contributed by atoms with E-state index in [0.29, 0.717) is 4.47 Å². The monoisotopic (exact) mass is 343 g/mol. The van der Waals surface area contributed by atoms with Crippen LogP contribution >= 0.6 is 27.5 Å². The Bertz CT molecular complexity index is 450. The van der Waals surface area contributed by atoms with E-state index in [0.717, 1.165) is 12.1 Å². The summed E-state index contributed by atoms with van der Waals surface area (Å²) in [5, 5.41) is 0. The van der Waals surface area contributed by atoms with Crippen molar-refractivity contribution in [3.8, 4) is 0 Å². The van der Waals surface area contributed by atoms with Crippen LogP contribution in [0.3, 0.4) is 0 Å². The largest absolute Gasteiger partial charge is 0.416 e. The zero-order chi connectivity index (χ0) is 13.9. The Kier molecular flexibility index (Phi) is 5.04. The highest BCUT2D eigenvalue weighted by Gasteiger charge is 2.31. The molecule has 100 valence electrons. The minimum Gasteiger partial charge on any atom is -0.340 e. The van der Waals surface area contributed by atoms with Gasteiger partial charge in [0.1, 0.15) is 0 Å². The van der Waals surface area contributed by atoms with Crippen molar-refractivity contribution in [3.05, 3.63) is 33.8 Å². The number of halogens is 5. The van der Waals surface area contributed by atoms with Gasteiger partial charge in [0, 0.05) is 23.9 Å². The maximum absolute atomic E-state index is 12.6. The van der Waals surface area contributed by atoms with Crippen molar-refractivity contribution in [2.45, 2.75) is 6.18 Å². The van der Waals surface area contributed by atoms with E-state index in [1.165, 1.54) is 18.0 Å². The maximum atomic E-state index is 12.6. The lowest BCUT2D eigenvalue weighted by Gasteiger charge is -2.17. The average Bonchev–Trinajstić information content (AvgIpc) is 2.27. The summed E-state index contributed by atoms with van der Waals surface area (Å²) in [7, 11) is 1.48. The number of carbonyl (C=O) groups excluding carboxylic acids is 1. The third-order valence-electron chi connectivity index (χ3n) is 2.29. The lowest BCUT2D eigenvalue weighted by molar-refractivity contribution is -0.137. The van der Waals surface area contributed by atoms with E-state index in [1.54, 1.807) is 0 Å². The van der Waals surface area contributed by atoms with Gasteiger partial charge in [0.2, 0.25) is 0 Å². The number of nitrogens with zero attached hydrogens (tertiary/aromatic N) is 1. The third kappa shape index (κ3) is 3.62. The van der Waals surface area contributed by atoms with Crippen LogP contribution in [0.5, 0.6) is 0 Å². The van der Waals surface area contributed by atoms with Crippen LogP contribution in [0.4, 0.5) is 13.2 Å². The molecule has 2 nitrogen and oxygen atoms in total. The van der Waals surface area contributed by atoms with E-state index in [1.807, 2.05) is 0 Å². The molecule has 18 heavy (non-hydrogen) atoms. The molecule has 0 spiro atoms. The van der Waals surface area contributed by atoms with Crippen LogP contribution in [0.25, 0.3) is 0 Å². The number of amides is 1. The minimum atomic E-state index is -4.47. The summed E-state index contributed by atoms with van der Waals surface area (Å²) in [4.78, 5) is 13.2. The van der Waals surface area contributed by atoms with E-state index >= 15 is 0 Å². The fourth-order valence-electron chi connectivity index (χ4n) is 1.30. The van der Waals surface area contributed by atoms with E-state index in [9.17, 15) is 18.0 Å². The van der Waals surface area contributed by atoms with Crippen LogP contribution in [0.2, 0.25) is 0 Å². The smallest absolute Gasteiger partial charge is 0.340 e. The summed E-state index contributed by atoms with van der Waals surface area (Å²) < 4.78 is 38.0. The van der Waals surface area contributed by atoms with Crippen molar-refractivity contribution in [1.82, 2.24) is 4.90 Å². The molecule has 1 aromatic carbocycles. The standard InChI is InChI=1S/C11H10BrClF3NO/c1-17(5-4-13)10(18)8-6-7(11(14,15)16)2-3-9(8)12/h2-3,6H,4-5H2,1H3. The molecule has 0 aromatic heterocycles. The molecule has 0 aliphatic rings. The van der Waals surface area contributed by atoms with Gasteiger partial charge in [0.05, 0.1) is 11.1 Å². The summed E-state index contributed by atoms with van der Waals surface area (Å²) in [6.45, 7) is 0.267. The normalized spacial score (nSPS) is 11.4. The first-order valence-corrected chi connectivity index (χ1v) is 6.28. The van der Waals surface area contributed by atoms with Crippen LogP contribution < -0.4 is 0 Å². The van der Waals surface area contributed by atoms with Gasteiger partial charge in [-0.05, 0) is 34.1 Å². The molecule has 0 radical (unpaired) electrons. The maximum Gasteiger partial charge on any atom is 0.416 e. The Balaban J connectivity index is 3.12. The Morgan fingerprint density at radius 3 is 2.56 bits per heavy atom. The number of benzene rings is 1. The second-order valence-electron chi connectivity index (χ2n) is 3.61. The molecule has 1 rings (SSSR count). The highest BCUT2D eigenvalue weighted by atomic mass is 79.9. The summed E-state index contributed by atoms with van der Waals surface area (Å²) in [6.07, 6.45) is -4.47. The van der Waals surface area contributed by atoms with Crippen molar-refractivity contribution in [2.75, 3.05) is 19.5 Å². The fourth-order valence-corrected chi connectivity index (χ4v) is 1.97. The Morgan fingerprint density at radius 1 is 1.44 bits per heavy atom. The van der Waals surface area contributed by atoms with Crippen molar-refractivity contribution in [2.24, 2.45) is 0 Å². The molecule has 1 aromatic rings. The molecular formula is C11H10BrClF3NO. The molecule has 0 atom stereocenters. The summed E-state index contributed by atoms with van der Waals surface area (Å²) in [6, 6.07) is 2.96. The number of hydrogen-bond acceptors (Lipinski definition) is 1. The zero-order valence-corrected chi connectivity index (χ0v) is 11.7. The SMILES string of the molecule is CN(CCCl)C(=O)c1cc(C(F)(F)F)ccc1Br. The van der Waals surface area contributed by atoms with Crippen molar-refractivity contribution >= 4 is 33.4 Å². The third-order valence-corrected chi connectivity index (χ3v) is 3.15. The summed E-state index contributed by atoms with van der Waals surface area (Å²) >= 11 is 8.56. The summed E-state index contributed by atoms with van der Waals surface area (Å²) in [5.41, 5.74) is -0.884. The molecule has 0 bridgehead atoms. The van der Waals surface area contributed by atoms with Gasteiger partial charge in [0.25, 0.3) is 5.91 Å². The predicted octanol–water partition coefficient (Wildman–Crippen LogP) is 3.78. The van der Waals surface area contributed by atoms with Crippen LogP contribution in [0, 0.1) is 0 Å². The molecule has 0 saturated carbocycles. The van der Waals surface area contributed by atoms with Crippen LogP contribution in [-0.2, 0) is 6.18 Å². The molecule has 0 heterocycles. The molecule has 0 N–H and O–H groups in total. The van der Waals surface area contributed by atoms with Gasteiger partial charge >= 0.3 is 6.18 Å². The molecule has 7 heteroatoms. The molecule has 0 aliphatic heterocycles. The fraction of sp³-hybridized carbons (Fsp3) is 0.364. The first-order valence-electron chi connectivity index (χ1n) is 4.95. The lowest BCUT2D eigenvalue weighted by atomic mass is 10.1. The molecule has 1 amide bonds. The van der Waals surface area contributed by atoms with Gasteiger partial charge in [-0.2, -0.15) is 13.2 Å². The highest BCUT2D eigenvalue weighted by Crippen LogP contribution is 2.32. The molecule has 0 fully saturated rings. The molecule has 0 saturated heterocycles. The van der Waals surface area contributed by atoms with Crippen molar-refractivity contribution in [3.63, 3.8) is 0 Å². The first kappa shape index (κ1) is 15.3. The van der Waals surface area contributed by atoms with Gasteiger partial charge in [-0.3, -0.25) is 4.79 Å². The van der Waals surface area contributed by atoms with Crippen LogP contribution in [-0.4, -0.2) is 30.3 Å². The van der Waals surface area contributed by atoms with E-state index < -0.39 is 17.6 Å².